The van der Waals surface area contributed by atoms with E-state index < -0.39 is 5.91 Å². The standard InChI is InChI=1S/C9H9Cl2N3OS/c10-6-2-1-3-7(11)5(6)4-8(15)14(13)9(12)16/h1-3H,4,13H2,(H2,12,16). The fourth-order valence-electron chi connectivity index (χ4n) is 1.06. The van der Waals surface area contributed by atoms with E-state index in [0.29, 0.717) is 20.6 Å². The SMILES string of the molecule is NC(=S)N(N)C(=O)Cc1c(Cl)cccc1Cl. The zero-order chi connectivity index (χ0) is 12.3. The van der Waals surface area contributed by atoms with Gasteiger partial charge in [-0.3, -0.25) is 4.79 Å². The summed E-state index contributed by atoms with van der Waals surface area (Å²) in [6.07, 6.45) is -0.0493. The average molecular weight is 278 g/mol. The number of nitrogens with zero attached hydrogens (tertiary/aromatic N) is 1. The van der Waals surface area contributed by atoms with Gasteiger partial charge in [-0.2, -0.15) is 0 Å². The number of benzene rings is 1. The minimum atomic E-state index is -0.470. The second-order valence-corrected chi connectivity index (χ2v) is 4.21. The highest BCUT2D eigenvalue weighted by molar-refractivity contribution is 7.80. The predicted octanol–water partition coefficient (Wildman–Crippen LogP) is 1.48. The molecule has 7 heteroatoms. The summed E-state index contributed by atoms with van der Waals surface area (Å²) in [6.45, 7) is 0. The number of rotatable bonds is 2. The van der Waals surface area contributed by atoms with Crippen LogP contribution in [0.4, 0.5) is 0 Å². The van der Waals surface area contributed by atoms with Gasteiger partial charge in [0.15, 0.2) is 5.11 Å². The van der Waals surface area contributed by atoms with Crippen LogP contribution in [0.25, 0.3) is 0 Å². The van der Waals surface area contributed by atoms with Crippen molar-refractivity contribution in [3.8, 4) is 0 Å². The normalized spacial score (nSPS) is 9.94. The number of amides is 1. The van der Waals surface area contributed by atoms with Crippen LogP contribution >= 0.6 is 35.4 Å². The molecule has 0 saturated carbocycles. The highest BCUT2D eigenvalue weighted by Crippen LogP contribution is 2.24. The van der Waals surface area contributed by atoms with Gasteiger partial charge in [-0.15, -0.1) is 0 Å². The molecular weight excluding hydrogens is 269 g/mol. The van der Waals surface area contributed by atoms with Crippen molar-refractivity contribution >= 4 is 46.4 Å². The van der Waals surface area contributed by atoms with Crippen molar-refractivity contribution in [2.45, 2.75) is 6.42 Å². The molecule has 16 heavy (non-hydrogen) atoms. The summed E-state index contributed by atoms with van der Waals surface area (Å²) in [5, 5.41) is 1.29. The second kappa shape index (κ2) is 5.45. The minimum absolute atomic E-state index is 0.0493. The third-order valence-electron chi connectivity index (χ3n) is 1.90. The van der Waals surface area contributed by atoms with E-state index in [-0.39, 0.29) is 11.5 Å². The lowest BCUT2D eigenvalue weighted by Gasteiger charge is -2.14. The van der Waals surface area contributed by atoms with E-state index in [0.717, 1.165) is 0 Å². The van der Waals surface area contributed by atoms with E-state index >= 15 is 0 Å². The first-order valence-electron chi connectivity index (χ1n) is 4.23. The van der Waals surface area contributed by atoms with Gasteiger partial charge >= 0.3 is 0 Å². The number of carbonyl (C=O) groups excluding carboxylic acids is 1. The molecule has 0 aliphatic rings. The lowest BCUT2D eigenvalue weighted by Crippen LogP contribution is -2.46. The number of hydrogen-bond acceptors (Lipinski definition) is 3. The Morgan fingerprint density at radius 3 is 2.31 bits per heavy atom. The Kier molecular flexibility index (Phi) is 4.49. The van der Waals surface area contributed by atoms with Gasteiger partial charge in [0.1, 0.15) is 0 Å². The molecule has 86 valence electrons. The Balaban J connectivity index is 2.89. The molecular formula is C9H9Cl2N3OS. The van der Waals surface area contributed by atoms with Gasteiger partial charge in [-0.1, -0.05) is 29.3 Å². The first kappa shape index (κ1) is 13.2. The van der Waals surface area contributed by atoms with E-state index in [1.54, 1.807) is 18.2 Å². The van der Waals surface area contributed by atoms with Gasteiger partial charge in [0.05, 0.1) is 6.42 Å². The van der Waals surface area contributed by atoms with Crippen LogP contribution in [0.5, 0.6) is 0 Å². The molecule has 0 unspecified atom stereocenters. The maximum atomic E-state index is 11.6. The molecule has 0 aliphatic heterocycles. The smallest absolute Gasteiger partial charge is 0.247 e. The fraction of sp³-hybridized carbons (Fsp3) is 0.111. The highest BCUT2D eigenvalue weighted by Gasteiger charge is 2.16. The molecule has 0 heterocycles. The highest BCUT2D eigenvalue weighted by atomic mass is 35.5. The summed E-state index contributed by atoms with van der Waals surface area (Å²) < 4.78 is 0. The van der Waals surface area contributed by atoms with Gasteiger partial charge in [-0.05, 0) is 29.9 Å². The van der Waals surface area contributed by atoms with Gasteiger partial charge in [0.2, 0.25) is 5.91 Å². The molecule has 4 nitrogen and oxygen atoms in total. The molecule has 1 amide bonds. The quantitative estimate of drug-likeness (QED) is 0.372. The van der Waals surface area contributed by atoms with Crippen LogP contribution in [0.2, 0.25) is 10.0 Å². The summed E-state index contributed by atoms with van der Waals surface area (Å²) in [5.74, 6) is 4.87. The molecule has 0 atom stereocenters. The number of hydrazine groups is 1. The van der Waals surface area contributed by atoms with E-state index in [2.05, 4.69) is 12.2 Å². The molecule has 0 saturated heterocycles. The predicted molar refractivity (Wildman–Crippen MR) is 68.0 cm³/mol. The van der Waals surface area contributed by atoms with Gasteiger partial charge in [0.25, 0.3) is 0 Å². The molecule has 0 aromatic heterocycles. The van der Waals surface area contributed by atoms with Crippen LogP contribution in [0.15, 0.2) is 18.2 Å². The maximum absolute atomic E-state index is 11.6. The number of thiocarbonyl (C=S) groups is 1. The average Bonchev–Trinajstić information content (AvgIpc) is 2.22. The van der Waals surface area contributed by atoms with Crippen molar-refractivity contribution in [1.29, 1.82) is 0 Å². The monoisotopic (exact) mass is 277 g/mol. The zero-order valence-electron chi connectivity index (χ0n) is 8.11. The number of carbonyl (C=O) groups is 1. The van der Waals surface area contributed by atoms with Crippen LogP contribution in [0.3, 0.4) is 0 Å². The fourth-order valence-corrected chi connectivity index (χ4v) is 1.69. The summed E-state index contributed by atoms with van der Waals surface area (Å²) in [7, 11) is 0. The van der Waals surface area contributed by atoms with Gasteiger partial charge < -0.3 is 5.73 Å². The topological polar surface area (TPSA) is 72.3 Å². The lowest BCUT2D eigenvalue weighted by molar-refractivity contribution is -0.126. The summed E-state index contributed by atoms with van der Waals surface area (Å²) in [5.41, 5.74) is 5.71. The summed E-state index contributed by atoms with van der Waals surface area (Å²) >= 11 is 16.4. The molecule has 0 spiro atoms. The largest absolute Gasteiger partial charge is 0.375 e. The van der Waals surface area contributed by atoms with Crippen molar-refractivity contribution < 1.29 is 4.79 Å². The van der Waals surface area contributed by atoms with Crippen molar-refractivity contribution in [2.24, 2.45) is 11.6 Å². The first-order chi connectivity index (χ1) is 7.43. The lowest BCUT2D eigenvalue weighted by atomic mass is 10.1. The van der Waals surface area contributed by atoms with E-state index in [1.165, 1.54) is 0 Å². The Morgan fingerprint density at radius 2 is 1.88 bits per heavy atom. The molecule has 0 bridgehead atoms. The number of nitrogens with two attached hydrogens (primary N) is 2. The van der Waals surface area contributed by atoms with Crippen molar-refractivity contribution in [1.82, 2.24) is 5.01 Å². The number of hydrogen-bond donors (Lipinski definition) is 2. The van der Waals surface area contributed by atoms with E-state index in [1.807, 2.05) is 0 Å². The van der Waals surface area contributed by atoms with Crippen molar-refractivity contribution in [2.75, 3.05) is 0 Å². The van der Waals surface area contributed by atoms with E-state index in [4.69, 9.17) is 34.8 Å². The second-order valence-electron chi connectivity index (χ2n) is 2.98. The van der Waals surface area contributed by atoms with Crippen LogP contribution in [0, 0.1) is 0 Å². The molecule has 1 aromatic carbocycles. The Hall–Kier alpha value is -0.880. The van der Waals surface area contributed by atoms with Crippen molar-refractivity contribution in [3.63, 3.8) is 0 Å². The molecule has 4 N–H and O–H groups in total. The van der Waals surface area contributed by atoms with Gasteiger partial charge in [-0.25, -0.2) is 10.9 Å². The molecule has 1 aromatic rings. The van der Waals surface area contributed by atoms with Gasteiger partial charge in [0, 0.05) is 10.0 Å². The Labute approximate surface area is 108 Å². The third-order valence-corrected chi connectivity index (χ3v) is 2.80. The molecule has 0 radical (unpaired) electrons. The maximum Gasteiger partial charge on any atom is 0.247 e. The Morgan fingerprint density at radius 1 is 1.38 bits per heavy atom. The van der Waals surface area contributed by atoms with E-state index in [9.17, 15) is 4.79 Å². The van der Waals surface area contributed by atoms with Crippen LogP contribution in [-0.4, -0.2) is 16.0 Å². The molecule has 0 fully saturated rings. The third kappa shape index (κ3) is 3.05. The Bertz CT molecular complexity index is 419. The first-order valence-corrected chi connectivity index (χ1v) is 5.40. The summed E-state index contributed by atoms with van der Waals surface area (Å²) in [6, 6.07) is 4.96. The van der Waals surface area contributed by atoms with Crippen molar-refractivity contribution in [3.05, 3.63) is 33.8 Å². The van der Waals surface area contributed by atoms with Crippen LogP contribution < -0.4 is 11.6 Å². The minimum Gasteiger partial charge on any atom is -0.375 e. The molecule has 0 aliphatic carbocycles. The van der Waals surface area contributed by atoms with Crippen LogP contribution in [-0.2, 0) is 11.2 Å². The number of halogens is 2. The summed E-state index contributed by atoms with van der Waals surface area (Å²) in [4.78, 5) is 11.6. The zero-order valence-corrected chi connectivity index (χ0v) is 10.4. The van der Waals surface area contributed by atoms with Crippen LogP contribution in [0.1, 0.15) is 5.56 Å². The molecule has 1 rings (SSSR count).